The second-order valence-electron chi connectivity index (χ2n) is 7.96. The van der Waals surface area contributed by atoms with E-state index in [-0.39, 0.29) is 46.1 Å². The minimum Gasteiger partial charge on any atom is -0.462 e. The standard InChI is InChI=1S/C20H25NO3.C2H6/c1-12-15-8-9-19(3)16(6-5-7-17(19)24-13(2)22)20(15,4)10-14(11-21)18(12)23;1-2/h6,10,12,15,17H,5,7-9H2,1-4H3;1-2H3/t12-,15?,17-,19-,20+;/m1./s1. The van der Waals surface area contributed by atoms with E-state index in [1.165, 1.54) is 12.5 Å². The molecule has 1 unspecified atom stereocenters. The van der Waals surface area contributed by atoms with Crippen molar-refractivity contribution in [2.75, 3.05) is 0 Å². The summed E-state index contributed by atoms with van der Waals surface area (Å²) in [6, 6.07) is 2.09. The average Bonchev–Trinajstić information content (AvgIpc) is 2.60. The van der Waals surface area contributed by atoms with E-state index in [2.05, 4.69) is 26.0 Å². The Morgan fingerprint density at radius 2 is 1.96 bits per heavy atom. The molecular formula is C22H31NO3. The molecule has 26 heavy (non-hydrogen) atoms. The van der Waals surface area contributed by atoms with Gasteiger partial charge in [0.05, 0.1) is 5.57 Å². The van der Waals surface area contributed by atoms with Crippen LogP contribution in [0.4, 0.5) is 0 Å². The quantitative estimate of drug-likeness (QED) is 0.501. The number of ether oxygens (including phenoxy) is 1. The van der Waals surface area contributed by atoms with Gasteiger partial charge in [0.25, 0.3) is 0 Å². The monoisotopic (exact) mass is 357 g/mol. The highest BCUT2D eigenvalue weighted by molar-refractivity contribution is 6.02. The summed E-state index contributed by atoms with van der Waals surface area (Å²) < 4.78 is 5.66. The highest BCUT2D eigenvalue weighted by atomic mass is 16.5. The van der Waals surface area contributed by atoms with Crippen molar-refractivity contribution in [3.05, 3.63) is 23.3 Å². The number of ketones is 1. The van der Waals surface area contributed by atoms with Crippen molar-refractivity contribution < 1.29 is 14.3 Å². The summed E-state index contributed by atoms with van der Waals surface area (Å²) in [6.45, 7) is 11.7. The summed E-state index contributed by atoms with van der Waals surface area (Å²) in [6.07, 6.45) is 7.54. The third-order valence-electron chi connectivity index (χ3n) is 6.58. The summed E-state index contributed by atoms with van der Waals surface area (Å²) in [5.41, 5.74) is 0.994. The van der Waals surface area contributed by atoms with E-state index < -0.39 is 0 Å². The molecule has 0 aromatic heterocycles. The number of esters is 1. The van der Waals surface area contributed by atoms with E-state index in [1.807, 2.05) is 26.8 Å². The fourth-order valence-corrected chi connectivity index (χ4v) is 5.42. The molecule has 0 aliphatic heterocycles. The second-order valence-corrected chi connectivity index (χ2v) is 7.96. The average molecular weight is 357 g/mol. The van der Waals surface area contributed by atoms with Gasteiger partial charge in [-0.2, -0.15) is 5.26 Å². The van der Waals surface area contributed by atoms with Crippen molar-refractivity contribution in [1.82, 2.24) is 0 Å². The number of carbonyl (C=O) groups is 2. The zero-order valence-electron chi connectivity index (χ0n) is 16.9. The number of nitrogens with zero attached hydrogens (tertiary/aromatic N) is 1. The maximum atomic E-state index is 12.4. The molecule has 4 nitrogen and oxygen atoms in total. The van der Waals surface area contributed by atoms with Crippen LogP contribution < -0.4 is 0 Å². The molecule has 0 heterocycles. The minimum absolute atomic E-state index is 0.0310. The number of Topliss-reactive ketones (excluding diaryl/α,β-unsaturated/α-hetero) is 1. The first kappa shape index (κ1) is 20.4. The second kappa shape index (κ2) is 7.39. The van der Waals surface area contributed by atoms with Crippen LogP contribution in [0.1, 0.15) is 67.2 Å². The zero-order chi connectivity index (χ0) is 19.7. The summed E-state index contributed by atoms with van der Waals surface area (Å²) in [5, 5.41) is 9.39. The lowest BCUT2D eigenvalue weighted by Crippen LogP contribution is -2.53. The normalized spacial score (nSPS) is 38.3. The molecule has 5 atom stereocenters. The number of allylic oxidation sites excluding steroid dienone is 3. The molecule has 0 saturated heterocycles. The van der Waals surface area contributed by atoms with Gasteiger partial charge >= 0.3 is 5.97 Å². The smallest absolute Gasteiger partial charge is 0.302 e. The molecular weight excluding hydrogens is 326 g/mol. The summed E-state index contributed by atoms with van der Waals surface area (Å²) in [7, 11) is 0. The number of rotatable bonds is 1. The first-order valence-electron chi connectivity index (χ1n) is 9.79. The lowest BCUT2D eigenvalue weighted by Gasteiger charge is -2.57. The highest BCUT2D eigenvalue weighted by Crippen LogP contribution is 2.62. The van der Waals surface area contributed by atoms with E-state index in [9.17, 15) is 14.9 Å². The van der Waals surface area contributed by atoms with Gasteiger partial charge in [-0.05, 0) is 31.6 Å². The molecule has 0 bridgehead atoms. The first-order chi connectivity index (χ1) is 12.2. The van der Waals surface area contributed by atoms with Crippen molar-refractivity contribution in [3.63, 3.8) is 0 Å². The van der Waals surface area contributed by atoms with E-state index in [0.29, 0.717) is 0 Å². The lowest BCUT2D eigenvalue weighted by atomic mass is 9.47. The van der Waals surface area contributed by atoms with Crippen LogP contribution in [-0.4, -0.2) is 17.9 Å². The Morgan fingerprint density at radius 1 is 1.31 bits per heavy atom. The van der Waals surface area contributed by atoms with Gasteiger partial charge in [0.15, 0.2) is 5.78 Å². The fraction of sp³-hybridized carbons (Fsp3) is 0.682. The van der Waals surface area contributed by atoms with Crippen LogP contribution in [0.2, 0.25) is 0 Å². The Labute approximate surface area is 157 Å². The van der Waals surface area contributed by atoms with Gasteiger partial charge in [0.1, 0.15) is 12.2 Å². The maximum Gasteiger partial charge on any atom is 0.302 e. The SMILES string of the molecule is CC.CC(=O)O[C@@H]1CCC=C2[C@@]3(C)C=C(C#N)C(=O)[C@H](C)C3CC[C@]21C. The Kier molecular flexibility index (Phi) is 5.80. The van der Waals surface area contributed by atoms with Crippen molar-refractivity contribution in [2.45, 2.75) is 73.3 Å². The number of carbonyl (C=O) groups excluding carboxylic acids is 2. The number of fused-ring (bicyclic) bond motifs is 3. The van der Waals surface area contributed by atoms with Crippen molar-refractivity contribution in [1.29, 1.82) is 5.26 Å². The molecule has 3 aliphatic carbocycles. The molecule has 4 heteroatoms. The molecule has 0 spiro atoms. The Morgan fingerprint density at radius 3 is 2.54 bits per heavy atom. The van der Waals surface area contributed by atoms with Gasteiger partial charge in [-0.3, -0.25) is 9.59 Å². The van der Waals surface area contributed by atoms with Gasteiger partial charge in [0.2, 0.25) is 0 Å². The van der Waals surface area contributed by atoms with Crippen LogP contribution in [0.15, 0.2) is 23.3 Å². The van der Waals surface area contributed by atoms with Crippen LogP contribution in [-0.2, 0) is 14.3 Å². The first-order valence-corrected chi connectivity index (χ1v) is 9.79. The third kappa shape index (κ3) is 3.02. The predicted octanol–water partition coefficient (Wildman–Crippen LogP) is 4.76. The Hall–Kier alpha value is -1.89. The third-order valence-corrected chi connectivity index (χ3v) is 6.58. The molecule has 0 amide bonds. The molecule has 142 valence electrons. The molecule has 3 rings (SSSR count). The Bertz CT molecular complexity index is 699. The molecule has 1 fully saturated rings. The molecule has 3 aliphatic rings. The van der Waals surface area contributed by atoms with Crippen LogP contribution in [0.25, 0.3) is 0 Å². The lowest BCUT2D eigenvalue weighted by molar-refractivity contribution is -0.155. The van der Waals surface area contributed by atoms with Gasteiger partial charge in [-0.1, -0.05) is 52.3 Å². The van der Waals surface area contributed by atoms with Gasteiger partial charge in [0, 0.05) is 23.7 Å². The number of hydrogen-bond acceptors (Lipinski definition) is 4. The van der Waals surface area contributed by atoms with E-state index in [4.69, 9.17) is 4.74 Å². The van der Waals surface area contributed by atoms with Gasteiger partial charge in [-0.25, -0.2) is 0 Å². The highest BCUT2D eigenvalue weighted by Gasteiger charge is 2.57. The topological polar surface area (TPSA) is 67.2 Å². The minimum atomic E-state index is -0.315. The largest absolute Gasteiger partial charge is 0.462 e. The molecule has 1 saturated carbocycles. The maximum absolute atomic E-state index is 12.4. The summed E-state index contributed by atoms with van der Waals surface area (Å²) in [5.74, 6) is -0.210. The van der Waals surface area contributed by atoms with Crippen molar-refractivity contribution in [2.24, 2.45) is 22.7 Å². The van der Waals surface area contributed by atoms with Crippen molar-refractivity contribution >= 4 is 11.8 Å². The zero-order valence-corrected chi connectivity index (χ0v) is 16.9. The molecule has 0 radical (unpaired) electrons. The molecule has 0 N–H and O–H groups in total. The van der Waals surface area contributed by atoms with Gasteiger partial charge < -0.3 is 4.74 Å². The predicted molar refractivity (Wildman–Crippen MR) is 101 cm³/mol. The molecule has 0 aromatic rings. The number of nitriles is 1. The Balaban J connectivity index is 0.00000117. The van der Waals surface area contributed by atoms with E-state index in [0.717, 1.165) is 25.7 Å². The van der Waals surface area contributed by atoms with E-state index in [1.54, 1.807) is 0 Å². The summed E-state index contributed by atoms with van der Waals surface area (Å²) in [4.78, 5) is 24.0. The van der Waals surface area contributed by atoms with Crippen LogP contribution in [0, 0.1) is 34.0 Å². The van der Waals surface area contributed by atoms with Crippen LogP contribution in [0.5, 0.6) is 0 Å². The summed E-state index contributed by atoms with van der Waals surface area (Å²) >= 11 is 0. The van der Waals surface area contributed by atoms with Crippen molar-refractivity contribution in [3.8, 4) is 6.07 Å². The molecule has 0 aromatic carbocycles. The fourth-order valence-electron chi connectivity index (χ4n) is 5.42. The number of hydrogen-bond donors (Lipinski definition) is 0. The van der Waals surface area contributed by atoms with E-state index >= 15 is 0 Å². The van der Waals surface area contributed by atoms with Gasteiger partial charge in [-0.15, -0.1) is 0 Å². The van der Waals surface area contributed by atoms with Crippen LogP contribution in [0.3, 0.4) is 0 Å². The van der Waals surface area contributed by atoms with Crippen LogP contribution >= 0.6 is 0 Å².